The van der Waals surface area contributed by atoms with Crippen molar-refractivity contribution in [1.29, 1.82) is 0 Å². The number of hydrogen-bond acceptors (Lipinski definition) is 1. The van der Waals surface area contributed by atoms with E-state index in [9.17, 15) is 22.4 Å². The number of H-pyrrole nitrogens is 1. The molecule has 0 fully saturated rings. The Morgan fingerprint density at radius 1 is 1.08 bits per heavy atom. The van der Waals surface area contributed by atoms with E-state index >= 15 is 0 Å². The number of fused-ring (bicyclic) bond motifs is 3. The largest absolute Gasteiger partial charge is 0.416 e. The summed E-state index contributed by atoms with van der Waals surface area (Å²) in [5, 5.41) is 4.16. The molecule has 0 aliphatic heterocycles. The summed E-state index contributed by atoms with van der Waals surface area (Å²) in [5.74, 6) is -0.402. The minimum absolute atomic E-state index is 0.273. The third-order valence-electron chi connectivity index (χ3n) is 4.29. The predicted molar refractivity (Wildman–Crippen MR) is 87.5 cm³/mol. The molecule has 2 heterocycles. The molecule has 26 heavy (non-hydrogen) atoms. The van der Waals surface area contributed by atoms with Gasteiger partial charge in [-0.3, -0.25) is 9.89 Å². The van der Waals surface area contributed by atoms with Crippen LogP contribution < -0.4 is 10.1 Å². The van der Waals surface area contributed by atoms with Crippen molar-refractivity contribution in [2.45, 2.75) is 6.18 Å². The summed E-state index contributed by atoms with van der Waals surface area (Å²) in [6.45, 7) is 0. The molecule has 8 heteroatoms. The molecule has 2 aromatic carbocycles. The zero-order chi connectivity index (χ0) is 18.6. The number of benzene rings is 2. The number of nitrogens with one attached hydrogen (secondary N) is 1. The highest BCUT2D eigenvalue weighted by Gasteiger charge is 2.30. The van der Waals surface area contributed by atoms with E-state index in [1.807, 2.05) is 0 Å². The van der Waals surface area contributed by atoms with E-state index in [4.69, 9.17) is 0 Å². The van der Waals surface area contributed by atoms with Crippen molar-refractivity contribution >= 4 is 21.8 Å². The molecule has 1 N–H and O–H groups in total. The molecule has 4 aromatic rings. The summed E-state index contributed by atoms with van der Waals surface area (Å²) >= 11 is 0. The number of pyridine rings is 1. The summed E-state index contributed by atoms with van der Waals surface area (Å²) in [4.78, 5) is 12.8. The third kappa shape index (κ3) is 2.45. The lowest BCUT2D eigenvalue weighted by molar-refractivity contribution is -0.644. The molecule has 0 saturated carbocycles. The zero-order valence-electron chi connectivity index (χ0n) is 13.4. The number of nitrogens with zero attached hydrogens (tertiary/aromatic N) is 2. The molecule has 0 radical (unpaired) electrons. The molecular weight excluding hydrogens is 350 g/mol. The summed E-state index contributed by atoms with van der Waals surface area (Å²) in [7, 11) is 1.65. The lowest BCUT2D eigenvalue weighted by atomic mass is 10.1. The number of aromatic amines is 1. The number of rotatable bonds is 1. The first-order chi connectivity index (χ1) is 12.3. The van der Waals surface area contributed by atoms with Crippen LogP contribution in [0, 0.1) is 5.82 Å². The van der Waals surface area contributed by atoms with E-state index in [1.54, 1.807) is 23.9 Å². The SMILES string of the molecule is C[n+]1cc2cc(F)ccc2c2[nH]n(-c3ccc(C(F)(F)F)cc3)c(=O)c21. The fourth-order valence-corrected chi connectivity index (χ4v) is 3.07. The van der Waals surface area contributed by atoms with Crippen LogP contribution in [0.4, 0.5) is 17.6 Å². The highest BCUT2D eigenvalue weighted by Crippen LogP contribution is 2.29. The van der Waals surface area contributed by atoms with Gasteiger partial charge < -0.3 is 0 Å². The van der Waals surface area contributed by atoms with Crippen molar-refractivity contribution < 1.29 is 22.1 Å². The van der Waals surface area contributed by atoms with Crippen LogP contribution in [0.15, 0.2) is 53.5 Å². The van der Waals surface area contributed by atoms with E-state index in [1.165, 1.54) is 28.9 Å². The number of hydrogen-bond donors (Lipinski definition) is 1. The van der Waals surface area contributed by atoms with Gasteiger partial charge in [0, 0.05) is 5.39 Å². The number of aromatic nitrogens is 3. The average Bonchev–Trinajstić information content (AvgIpc) is 2.92. The molecule has 0 amide bonds. The van der Waals surface area contributed by atoms with Gasteiger partial charge in [0.1, 0.15) is 18.4 Å². The number of alkyl halides is 3. The molecule has 0 bridgehead atoms. The summed E-state index contributed by atoms with van der Waals surface area (Å²) in [5.41, 5.74) is -0.112. The Morgan fingerprint density at radius 2 is 1.77 bits per heavy atom. The van der Waals surface area contributed by atoms with E-state index in [0.717, 1.165) is 12.1 Å². The lowest BCUT2D eigenvalue weighted by Gasteiger charge is -2.07. The molecule has 4 nitrogen and oxygen atoms in total. The Labute approximate surface area is 143 Å². The lowest BCUT2D eigenvalue weighted by Crippen LogP contribution is -2.33. The van der Waals surface area contributed by atoms with Crippen LogP contribution >= 0.6 is 0 Å². The van der Waals surface area contributed by atoms with Crippen LogP contribution in [0.3, 0.4) is 0 Å². The molecular formula is C18H12F4N3O+. The topological polar surface area (TPSA) is 41.7 Å². The molecule has 2 aromatic heterocycles. The quantitative estimate of drug-likeness (QED) is 0.409. The van der Waals surface area contributed by atoms with Crippen molar-refractivity contribution in [2.24, 2.45) is 7.05 Å². The Hall–Kier alpha value is -3.16. The molecule has 0 atom stereocenters. The normalized spacial score (nSPS) is 12.2. The van der Waals surface area contributed by atoms with Crippen LogP contribution in [-0.4, -0.2) is 9.78 Å². The van der Waals surface area contributed by atoms with Crippen LogP contribution in [0.1, 0.15) is 5.56 Å². The van der Waals surface area contributed by atoms with Crippen LogP contribution in [0.25, 0.3) is 27.5 Å². The number of aryl methyl sites for hydroxylation is 1. The molecule has 0 unspecified atom stereocenters. The van der Waals surface area contributed by atoms with Crippen LogP contribution in [0.2, 0.25) is 0 Å². The van der Waals surface area contributed by atoms with Gasteiger partial charge >= 0.3 is 11.7 Å². The van der Waals surface area contributed by atoms with Crippen molar-refractivity contribution in [3.63, 3.8) is 0 Å². The minimum Gasteiger partial charge on any atom is -0.284 e. The second-order valence-electron chi connectivity index (χ2n) is 5.99. The molecule has 0 aliphatic rings. The highest BCUT2D eigenvalue weighted by atomic mass is 19.4. The second-order valence-corrected chi connectivity index (χ2v) is 5.99. The smallest absolute Gasteiger partial charge is 0.284 e. The van der Waals surface area contributed by atoms with E-state index in [2.05, 4.69) is 5.10 Å². The highest BCUT2D eigenvalue weighted by molar-refractivity contribution is 6.01. The summed E-state index contributed by atoms with van der Waals surface area (Å²) in [6.07, 6.45) is -2.82. The molecule has 0 aliphatic carbocycles. The third-order valence-corrected chi connectivity index (χ3v) is 4.29. The fourth-order valence-electron chi connectivity index (χ4n) is 3.07. The van der Waals surface area contributed by atoms with Gasteiger partial charge in [0.15, 0.2) is 6.20 Å². The van der Waals surface area contributed by atoms with Gasteiger partial charge in [-0.25, -0.2) is 9.07 Å². The molecule has 0 saturated heterocycles. The second kappa shape index (κ2) is 5.42. The van der Waals surface area contributed by atoms with Crippen molar-refractivity contribution in [3.8, 4) is 5.69 Å². The van der Waals surface area contributed by atoms with Gasteiger partial charge in [0.2, 0.25) is 0 Å². The standard InChI is InChI=1S/C18H11F4N3O/c1-24-9-10-8-12(19)4-7-14(10)15-16(24)17(26)25(23-15)13-5-2-11(3-6-13)18(20,21)22/h2-9H,1H3/p+1. The van der Waals surface area contributed by atoms with Gasteiger partial charge in [-0.15, -0.1) is 0 Å². The minimum atomic E-state index is -4.45. The summed E-state index contributed by atoms with van der Waals surface area (Å²) < 4.78 is 54.4. The fraction of sp³-hybridized carbons (Fsp3) is 0.111. The van der Waals surface area contributed by atoms with E-state index in [0.29, 0.717) is 21.8 Å². The monoisotopic (exact) mass is 362 g/mol. The van der Waals surface area contributed by atoms with Crippen molar-refractivity contribution in [2.75, 3.05) is 0 Å². The number of halogens is 4. The van der Waals surface area contributed by atoms with Gasteiger partial charge in [-0.2, -0.15) is 17.7 Å². The van der Waals surface area contributed by atoms with Crippen LogP contribution in [-0.2, 0) is 13.2 Å². The Balaban J connectivity index is 1.97. The Morgan fingerprint density at radius 3 is 2.42 bits per heavy atom. The van der Waals surface area contributed by atoms with E-state index < -0.39 is 23.1 Å². The van der Waals surface area contributed by atoms with Gasteiger partial charge in [-0.1, -0.05) is 0 Å². The summed E-state index contributed by atoms with van der Waals surface area (Å²) in [6, 6.07) is 8.47. The zero-order valence-corrected chi connectivity index (χ0v) is 13.4. The first-order valence-electron chi connectivity index (χ1n) is 7.66. The van der Waals surface area contributed by atoms with Gasteiger partial charge in [-0.05, 0) is 42.5 Å². The average molecular weight is 362 g/mol. The Kier molecular flexibility index (Phi) is 3.40. The first kappa shape index (κ1) is 16.3. The van der Waals surface area contributed by atoms with Crippen molar-refractivity contribution in [3.05, 3.63) is 70.4 Å². The predicted octanol–water partition coefficient (Wildman–Crippen LogP) is 3.45. The van der Waals surface area contributed by atoms with Gasteiger partial charge in [0.25, 0.3) is 5.52 Å². The first-order valence-corrected chi connectivity index (χ1v) is 7.66. The van der Waals surface area contributed by atoms with Gasteiger partial charge in [0.05, 0.1) is 16.6 Å². The maximum Gasteiger partial charge on any atom is 0.416 e. The van der Waals surface area contributed by atoms with Crippen LogP contribution in [0.5, 0.6) is 0 Å². The molecule has 132 valence electrons. The van der Waals surface area contributed by atoms with E-state index in [-0.39, 0.29) is 5.69 Å². The van der Waals surface area contributed by atoms with Crippen molar-refractivity contribution in [1.82, 2.24) is 9.78 Å². The maximum atomic E-state index is 13.5. The Bertz CT molecular complexity index is 1200. The maximum absolute atomic E-state index is 13.5. The molecule has 0 spiro atoms. The molecule has 4 rings (SSSR count).